The maximum absolute atomic E-state index is 5.02. The molecule has 0 bridgehead atoms. The molecular weight excluding hydrogens is 160 g/mol. The lowest BCUT2D eigenvalue weighted by Gasteiger charge is -2.11. The predicted molar refractivity (Wildman–Crippen MR) is 56.1 cm³/mol. The Bertz CT molecular complexity index is 279. The molecule has 1 aliphatic rings. The van der Waals surface area contributed by atoms with Gasteiger partial charge >= 0.3 is 0 Å². The van der Waals surface area contributed by atoms with Crippen LogP contribution in [-0.2, 0) is 4.74 Å². The minimum Gasteiger partial charge on any atom is -0.473 e. The van der Waals surface area contributed by atoms with Crippen LogP contribution in [0.25, 0.3) is 0 Å². The van der Waals surface area contributed by atoms with Crippen LogP contribution in [0.5, 0.6) is 0 Å². The third-order valence-electron chi connectivity index (χ3n) is 2.21. The number of ether oxygens (including phenoxy) is 1. The Morgan fingerprint density at radius 1 is 1.46 bits per heavy atom. The molecule has 0 aliphatic heterocycles. The minimum atomic E-state index is 1.12. The Labute approximate surface area is 80.1 Å². The zero-order chi connectivity index (χ0) is 9.68. The van der Waals surface area contributed by atoms with E-state index in [1.54, 1.807) is 6.26 Å². The highest BCUT2D eigenvalue weighted by Crippen LogP contribution is 2.23. The van der Waals surface area contributed by atoms with E-state index in [0.29, 0.717) is 0 Å². The van der Waals surface area contributed by atoms with Crippen LogP contribution in [0.1, 0.15) is 26.7 Å². The van der Waals surface area contributed by atoms with Gasteiger partial charge in [0.1, 0.15) is 0 Å². The summed E-state index contributed by atoms with van der Waals surface area (Å²) in [6.07, 6.45) is 9.79. The first-order valence-corrected chi connectivity index (χ1v) is 4.54. The summed E-state index contributed by atoms with van der Waals surface area (Å²) in [5, 5.41) is 0. The molecule has 0 unspecified atom stereocenters. The molecule has 0 aromatic rings. The summed E-state index contributed by atoms with van der Waals surface area (Å²) in [5.41, 5.74) is 3.98. The van der Waals surface area contributed by atoms with Crippen molar-refractivity contribution >= 4 is 0 Å². The van der Waals surface area contributed by atoms with Crippen LogP contribution in [0.2, 0.25) is 0 Å². The van der Waals surface area contributed by atoms with E-state index in [-0.39, 0.29) is 0 Å². The Balaban J connectivity index is 2.67. The largest absolute Gasteiger partial charge is 0.473 e. The van der Waals surface area contributed by atoms with Crippen molar-refractivity contribution in [1.82, 2.24) is 0 Å². The lowest BCUT2D eigenvalue weighted by atomic mass is 9.95. The van der Waals surface area contributed by atoms with Crippen LogP contribution in [-0.4, -0.2) is 0 Å². The van der Waals surface area contributed by atoms with Crippen LogP contribution >= 0.6 is 0 Å². The molecule has 0 saturated heterocycles. The number of hydrogen-bond donors (Lipinski definition) is 0. The van der Waals surface area contributed by atoms with Gasteiger partial charge in [-0.2, -0.15) is 0 Å². The van der Waals surface area contributed by atoms with Crippen molar-refractivity contribution in [2.24, 2.45) is 0 Å². The second kappa shape index (κ2) is 4.70. The van der Waals surface area contributed by atoms with Crippen molar-refractivity contribution in [2.75, 3.05) is 0 Å². The molecule has 0 heterocycles. The first-order valence-electron chi connectivity index (χ1n) is 4.54. The van der Waals surface area contributed by atoms with E-state index in [1.807, 2.05) is 0 Å². The van der Waals surface area contributed by atoms with Gasteiger partial charge in [0.05, 0.1) is 12.5 Å². The van der Waals surface area contributed by atoms with Crippen molar-refractivity contribution in [2.45, 2.75) is 26.7 Å². The van der Waals surface area contributed by atoms with Gasteiger partial charge in [0, 0.05) is 0 Å². The molecule has 0 aromatic carbocycles. The molecule has 0 amide bonds. The third kappa shape index (κ3) is 2.94. The van der Waals surface area contributed by atoms with E-state index in [0.717, 1.165) is 12.8 Å². The maximum Gasteiger partial charge on any atom is 0.0932 e. The van der Waals surface area contributed by atoms with Crippen LogP contribution in [0.4, 0.5) is 0 Å². The molecule has 0 N–H and O–H groups in total. The quantitative estimate of drug-likeness (QED) is 0.595. The second-order valence-electron chi connectivity index (χ2n) is 3.31. The Morgan fingerprint density at radius 2 is 2.23 bits per heavy atom. The summed E-state index contributed by atoms with van der Waals surface area (Å²) >= 11 is 0. The predicted octanol–water partition coefficient (Wildman–Crippen LogP) is 3.72. The minimum absolute atomic E-state index is 1.12. The molecule has 1 heteroatoms. The summed E-state index contributed by atoms with van der Waals surface area (Å²) in [6.45, 7) is 7.71. The SMILES string of the molecule is C=CO/C=C(\C)C1=CC=C(C)CC1. The van der Waals surface area contributed by atoms with Crippen LogP contribution in [0.15, 0.2) is 48.0 Å². The zero-order valence-electron chi connectivity index (χ0n) is 8.34. The summed E-state index contributed by atoms with van der Waals surface area (Å²) < 4.78 is 5.02. The lowest BCUT2D eigenvalue weighted by molar-refractivity contribution is 0.400. The van der Waals surface area contributed by atoms with Gasteiger partial charge in [0.2, 0.25) is 0 Å². The van der Waals surface area contributed by atoms with E-state index >= 15 is 0 Å². The molecule has 1 nitrogen and oxygen atoms in total. The van der Waals surface area contributed by atoms with Crippen LogP contribution < -0.4 is 0 Å². The van der Waals surface area contributed by atoms with Gasteiger partial charge in [-0.1, -0.05) is 24.3 Å². The van der Waals surface area contributed by atoms with Gasteiger partial charge in [-0.25, -0.2) is 0 Å². The van der Waals surface area contributed by atoms with E-state index < -0.39 is 0 Å². The van der Waals surface area contributed by atoms with Crippen LogP contribution in [0, 0.1) is 0 Å². The monoisotopic (exact) mass is 176 g/mol. The number of hydrogen-bond acceptors (Lipinski definition) is 1. The van der Waals surface area contributed by atoms with Gasteiger partial charge in [-0.3, -0.25) is 0 Å². The van der Waals surface area contributed by atoms with E-state index in [2.05, 4.69) is 32.6 Å². The summed E-state index contributed by atoms with van der Waals surface area (Å²) in [5.74, 6) is 0. The number of rotatable bonds is 3. The number of allylic oxidation sites excluding steroid dienone is 5. The average molecular weight is 176 g/mol. The lowest BCUT2D eigenvalue weighted by Crippen LogP contribution is -1.92. The van der Waals surface area contributed by atoms with E-state index in [4.69, 9.17) is 4.74 Å². The Kier molecular flexibility index (Phi) is 3.56. The molecule has 0 spiro atoms. The van der Waals surface area contributed by atoms with Crippen molar-refractivity contribution in [1.29, 1.82) is 0 Å². The molecule has 0 radical (unpaired) electrons. The van der Waals surface area contributed by atoms with Crippen LogP contribution in [0.3, 0.4) is 0 Å². The summed E-state index contributed by atoms with van der Waals surface area (Å²) in [4.78, 5) is 0. The molecule has 0 fully saturated rings. The van der Waals surface area contributed by atoms with Gasteiger partial charge in [-0.05, 0) is 37.8 Å². The Morgan fingerprint density at radius 3 is 2.77 bits per heavy atom. The third-order valence-corrected chi connectivity index (χ3v) is 2.21. The van der Waals surface area contributed by atoms with Crippen molar-refractivity contribution in [3.8, 4) is 0 Å². The maximum atomic E-state index is 5.02. The van der Waals surface area contributed by atoms with E-state index in [9.17, 15) is 0 Å². The first-order chi connectivity index (χ1) is 6.24. The zero-order valence-corrected chi connectivity index (χ0v) is 8.34. The summed E-state index contributed by atoms with van der Waals surface area (Å²) in [7, 11) is 0. The average Bonchev–Trinajstić information content (AvgIpc) is 2.15. The van der Waals surface area contributed by atoms with Gasteiger partial charge < -0.3 is 4.74 Å². The van der Waals surface area contributed by atoms with Gasteiger partial charge in [0.25, 0.3) is 0 Å². The molecular formula is C12H16O. The standard InChI is InChI=1S/C12H16O/c1-4-13-9-11(3)12-7-5-10(2)6-8-12/h4-5,7,9H,1,6,8H2,2-3H3/b11-9+. The molecule has 1 rings (SSSR count). The molecule has 0 saturated carbocycles. The Hall–Kier alpha value is -1.24. The highest BCUT2D eigenvalue weighted by atomic mass is 16.5. The van der Waals surface area contributed by atoms with Crippen molar-refractivity contribution in [3.05, 3.63) is 48.0 Å². The molecule has 0 aromatic heterocycles. The fraction of sp³-hybridized carbons (Fsp3) is 0.333. The normalized spacial score (nSPS) is 17.5. The molecule has 70 valence electrons. The van der Waals surface area contributed by atoms with Crippen molar-refractivity contribution < 1.29 is 4.74 Å². The first kappa shape index (κ1) is 9.85. The molecule has 13 heavy (non-hydrogen) atoms. The smallest absolute Gasteiger partial charge is 0.0932 e. The highest BCUT2D eigenvalue weighted by Gasteiger charge is 2.04. The molecule has 0 atom stereocenters. The summed E-state index contributed by atoms with van der Waals surface area (Å²) in [6, 6.07) is 0. The topological polar surface area (TPSA) is 9.23 Å². The van der Waals surface area contributed by atoms with Gasteiger partial charge in [-0.15, -0.1) is 0 Å². The highest BCUT2D eigenvalue weighted by molar-refractivity contribution is 5.35. The fourth-order valence-electron chi connectivity index (χ4n) is 1.30. The molecule has 1 aliphatic carbocycles. The van der Waals surface area contributed by atoms with E-state index in [1.165, 1.54) is 23.0 Å². The van der Waals surface area contributed by atoms with Gasteiger partial charge in [0.15, 0.2) is 0 Å². The second-order valence-corrected chi connectivity index (χ2v) is 3.31. The fourth-order valence-corrected chi connectivity index (χ4v) is 1.30. The van der Waals surface area contributed by atoms with Crippen molar-refractivity contribution in [3.63, 3.8) is 0 Å².